The zero-order chi connectivity index (χ0) is 12.8. The number of nitrogens with zero attached hydrogens (tertiary/aromatic N) is 2. The fourth-order valence-corrected chi connectivity index (χ4v) is 2.40. The maximum atomic E-state index is 3.39. The quantitative estimate of drug-likeness (QED) is 0.852. The molecule has 0 spiro atoms. The van der Waals surface area contributed by atoms with Gasteiger partial charge in [-0.15, -0.1) is 0 Å². The van der Waals surface area contributed by atoms with Gasteiger partial charge in [-0.05, 0) is 51.2 Å². The summed E-state index contributed by atoms with van der Waals surface area (Å²) in [5.74, 6) is 0. The number of anilines is 1. The normalized spacial score (nSPS) is 16.3. The minimum Gasteiger partial charge on any atom is -0.369 e. The molecule has 0 saturated carbocycles. The van der Waals surface area contributed by atoms with Crippen LogP contribution in [-0.2, 0) is 6.42 Å². The highest BCUT2D eigenvalue weighted by atomic mass is 15.2. The topological polar surface area (TPSA) is 18.5 Å². The summed E-state index contributed by atoms with van der Waals surface area (Å²) in [6.45, 7) is 5.62. The molecule has 0 atom stereocenters. The summed E-state index contributed by atoms with van der Waals surface area (Å²) in [7, 11) is 4.26. The van der Waals surface area contributed by atoms with Crippen molar-refractivity contribution in [1.82, 2.24) is 10.2 Å². The van der Waals surface area contributed by atoms with Crippen molar-refractivity contribution in [3.8, 4) is 0 Å². The molecule has 0 aliphatic carbocycles. The van der Waals surface area contributed by atoms with Gasteiger partial charge in [-0.2, -0.15) is 0 Å². The summed E-state index contributed by atoms with van der Waals surface area (Å²) in [5.41, 5.74) is 2.82. The van der Waals surface area contributed by atoms with E-state index in [1.54, 1.807) is 0 Å². The highest BCUT2D eigenvalue weighted by Crippen LogP contribution is 2.16. The van der Waals surface area contributed by atoms with Crippen LogP contribution in [-0.4, -0.2) is 51.7 Å². The highest BCUT2D eigenvalue weighted by Gasteiger charge is 2.09. The van der Waals surface area contributed by atoms with Crippen molar-refractivity contribution in [3.05, 3.63) is 29.8 Å². The van der Waals surface area contributed by atoms with Crippen LogP contribution in [0.3, 0.4) is 0 Å². The zero-order valence-corrected chi connectivity index (χ0v) is 11.7. The van der Waals surface area contributed by atoms with Crippen molar-refractivity contribution in [1.29, 1.82) is 0 Å². The molecule has 1 fully saturated rings. The first kappa shape index (κ1) is 13.4. The number of piperazine rings is 1. The van der Waals surface area contributed by atoms with E-state index in [4.69, 9.17) is 0 Å². The van der Waals surface area contributed by atoms with E-state index in [1.165, 1.54) is 30.6 Å². The van der Waals surface area contributed by atoms with Crippen LogP contribution in [0.25, 0.3) is 0 Å². The molecular formula is C15H25N3. The van der Waals surface area contributed by atoms with E-state index in [2.05, 4.69) is 53.5 Å². The second-order valence-electron chi connectivity index (χ2n) is 5.31. The van der Waals surface area contributed by atoms with Gasteiger partial charge in [0.25, 0.3) is 0 Å². The van der Waals surface area contributed by atoms with Crippen molar-refractivity contribution in [3.63, 3.8) is 0 Å². The molecule has 0 aromatic heterocycles. The largest absolute Gasteiger partial charge is 0.369 e. The van der Waals surface area contributed by atoms with Gasteiger partial charge in [0.05, 0.1) is 0 Å². The Labute approximate surface area is 111 Å². The van der Waals surface area contributed by atoms with Gasteiger partial charge in [-0.1, -0.05) is 12.1 Å². The summed E-state index contributed by atoms with van der Waals surface area (Å²) in [4.78, 5) is 4.70. The summed E-state index contributed by atoms with van der Waals surface area (Å²) in [6.07, 6.45) is 2.42. The third-order valence-corrected chi connectivity index (χ3v) is 3.49. The third-order valence-electron chi connectivity index (χ3n) is 3.49. The fourth-order valence-electron chi connectivity index (χ4n) is 2.40. The molecule has 100 valence electrons. The summed E-state index contributed by atoms with van der Waals surface area (Å²) >= 11 is 0. The molecule has 18 heavy (non-hydrogen) atoms. The van der Waals surface area contributed by atoms with Crippen molar-refractivity contribution >= 4 is 5.69 Å². The van der Waals surface area contributed by atoms with E-state index < -0.39 is 0 Å². The van der Waals surface area contributed by atoms with Gasteiger partial charge in [0.2, 0.25) is 0 Å². The van der Waals surface area contributed by atoms with Crippen LogP contribution in [0, 0.1) is 0 Å². The first-order chi connectivity index (χ1) is 8.75. The Hall–Kier alpha value is -1.06. The number of aryl methyl sites for hydroxylation is 1. The SMILES string of the molecule is CN(C)CCCc1ccc(N2CCNCC2)cc1. The van der Waals surface area contributed by atoms with Crippen LogP contribution in [0.2, 0.25) is 0 Å². The van der Waals surface area contributed by atoms with E-state index in [9.17, 15) is 0 Å². The molecule has 3 nitrogen and oxygen atoms in total. The lowest BCUT2D eigenvalue weighted by Crippen LogP contribution is -2.43. The Morgan fingerprint density at radius 2 is 1.78 bits per heavy atom. The van der Waals surface area contributed by atoms with Gasteiger partial charge in [-0.25, -0.2) is 0 Å². The molecule has 1 aliphatic rings. The van der Waals surface area contributed by atoms with Gasteiger partial charge in [0, 0.05) is 31.9 Å². The number of hydrogen-bond donors (Lipinski definition) is 1. The van der Waals surface area contributed by atoms with E-state index >= 15 is 0 Å². The number of benzene rings is 1. The van der Waals surface area contributed by atoms with Crippen LogP contribution in [0.1, 0.15) is 12.0 Å². The molecule has 1 heterocycles. The molecule has 1 aromatic carbocycles. The number of nitrogens with one attached hydrogen (secondary N) is 1. The van der Waals surface area contributed by atoms with Crippen molar-refractivity contribution in [2.24, 2.45) is 0 Å². The Morgan fingerprint density at radius 1 is 1.11 bits per heavy atom. The zero-order valence-electron chi connectivity index (χ0n) is 11.7. The molecule has 0 unspecified atom stereocenters. The fraction of sp³-hybridized carbons (Fsp3) is 0.600. The first-order valence-corrected chi connectivity index (χ1v) is 6.95. The maximum absolute atomic E-state index is 3.39. The lowest BCUT2D eigenvalue weighted by atomic mass is 10.1. The molecule has 0 amide bonds. The van der Waals surface area contributed by atoms with Crippen molar-refractivity contribution in [2.75, 3.05) is 51.7 Å². The number of rotatable bonds is 5. The molecular weight excluding hydrogens is 222 g/mol. The van der Waals surface area contributed by atoms with Crippen LogP contribution < -0.4 is 10.2 Å². The minimum atomic E-state index is 1.10. The predicted molar refractivity (Wildman–Crippen MR) is 78.4 cm³/mol. The summed E-state index contributed by atoms with van der Waals surface area (Å²) in [5, 5.41) is 3.39. The Morgan fingerprint density at radius 3 is 2.39 bits per heavy atom. The molecule has 0 bridgehead atoms. The second-order valence-corrected chi connectivity index (χ2v) is 5.31. The highest BCUT2D eigenvalue weighted by molar-refractivity contribution is 5.48. The van der Waals surface area contributed by atoms with Gasteiger partial charge < -0.3 is 15.1 Å². The molecule has 1 aromatic rings. The van der Waals surface area contributed by atoms with Crippen LogP contribution in [0.5, 0.6) is 0 Å². The average Bonchev–Trinajstić information content (AvgIpc) is 2.40. The molecule has 2 rings (SSSR count). The summed E-state index contributed by atoms with van der Waals surface area (Å²) in [6, 6.07) is 9.12. The van der Waals surface area contributed by atoms with Crippen LogP contribution in [0.15, 0.2) is 24.3 Å². The average molecular weight is 247 g/mol. The summed E-state index contributed by atoms with van der Waals surface area (Å²) < 4.78 is 0. The van der Waals surface area contributed by atoms with Gasteiger partial charge >= 0.3 is 0 Å². The smallest absolute Gasteiger partial charge is 0.0367 e. The van der Waals surface area contributed by atoms with Crippen LogP contribution in [0.4, 0.5) is 5.69 Å². The predicted octanol–water partition coefficient (Wildman–Crippen LogP) is 1.59. The Bertz CT molecular complexity index is 339. The molecule has 1 N–H and O–H groups in total. The third kappa shape index (κ3) is 4.00. The number of hydrogen-bond acceptors (Lipinski definition) is 3. The standard InChI is InChI=1S/C15H25N3/c1-17(2)11-3-4-14-5-7-15(8-6-14)18-12-9-16-10-13-18/h5-8,16H,3-4,9-13H2,1-2H3. The molecule has 1 saturated heterocycles. The van der Waals surface area contributed by atoms with Gasteiger partial charge in [0.1, 0.15) is 0 Å². The van der Waals surface area contributed by atoms with Crippen molar-refractivity contribution < 1.29 is 0 Å². The second kappa shape index (κ2) is 6.76. The first-order valence-electron chi connectivity index (χ1n) is 6.95. The Balaban J connectivity index is 1.84. The minimum absolute atomic E-state index is 1.10. The van der Waals surface area contributed by atoms with Gasteiger partial charge in [0.15, 0.2) is 0 Å². The lowest BCUT2D eigenvalue weighted by molar-refractivity contribution is 0.400. The van der Waals surface area contributed by atoms with E-state index in [0.717, 1.165) is 26.2 Å². The molecule has 0 radical (unpaired) electrons. The Kier molecular flexibility index (Phi) is 5.02. The van der Waals surface area contributed by atoms with E-state index in [1.807, 2.05) is 0 Å². The van der Waals surface area contributed by atoms with Crippen molar-refractivity contribution in [2.45, 2.75) is 12.8 Å². The van der Waals surface area contributed by atoms with E-state index in [0.29, 0.717) is 0 Å². The van der Waals surface area contributed by atoms with Crippen LogP contribution >= 0.6 is 0 Å². The molecule has 1 aliphatic heterocycles. The lowest BCUT2D eigenvalue weighted by Gasteiger charge is -2.29. The monoisotopic (exact) mass is 247 g/mol. The maximum Gasteiger partial charge on any atom is 0.0367 e. The van der Waals surface area contributed by atoms with E-state index in [-0.39, 0.29) is 0 Å². The molecule has 3 heteroatoms. The van der Waals surface area contributed by atoms with Gasteiger partial charge in [-0.3, -0.25) is 0 Å².